The van der Waals surface area contributed by atoms with Crippen LogP contribution in [0.2, 0.25) is 0 Å². The van der Waals surface area contributed by atoms with Crippen LogP contribution in [0, 0.1) is 11.6 Å². The topological polar surface area (TPSA) is 63.2 Å². The molecule has 0 atom stereocenters. The Morgan fingerprint density at radius 3 is 1.97 bits per heavy atom. The van der Waals surface area contributed by atoms with Gasteiger partial charge in [-0.1, -0.05) is 6.92 Å². The van der Waals surface area contributed by atoms with Crippen molar-refractivity contribution >= 4 is 3.87 Å². The predicted molar refractivity (Wildman–Crippen MR) is 100 cm³/mol. The van der Waals surface area contributed by atoms with Crippen molar-refractivity contribution in [2.75, 3.05) is 6.61 Å². The van der Waals surface area contributed by atoms with Crippen LogP contribution in [0.5, 0.6) is 5.75 Å². The number of halogens is 2. The number of rotatable bonds is 15. The fourth-order valence-electron chi connectivity index (χ4n) is 2.37. The molecule has 0 heterocycles. The minimum atomic E-state index is -5.38. The van der Waals surface area contributed by atoms with E-state index in [0.717, 1.165) is 38.2 Å². The Morgan fingerprint density at radius 1 is 0.862 bits per heavy atom. The summed E-state index contributed by atoms with van der Waals surface area (Å²) in [5.74, 6) is -2.86. The molecule has 6 nitrogen and oxygen atoms in total. The van der Waals surface area contributed by atoms with Gasteiger partial charge >= 0.3 is 169 Å². The molecule has 0 spiro atoms. The fourth-order valence-corrected chi connectivity index (χ4v) is 4.73. The van der Waals surface area contributed by atoms with E-state index < -0.39 is 45.0 Å². The summed E-state index contributed by atoms with van der Waals surface area (Å²) in [6.45, 7) is 8.92. The second-order valence-electron chi connectivity index (χ2n) is 7.37. The van der Waals surface area contributed by atoms with Crippen molar-refractivity contribution in [2.24, 2.45) is 0 Å². The molecule has 1 rings (SSSR count). The Bertz CT molecular complexity index is 638. The first-order valence-electron chi connectivity index (χ1n) is 10.2. The van der Waals surface area contributed by atoms with Gasteiger partial charge in [-0.3, -0.25) is 0 Å². The Morgan fingerprint density at radius 2 is 1.41 bits per heavy atom. The molecule has 0 amide bonds. The standard InChI is InChI=1S/C14H19F2O.2C3H8O2.O.Ti/c1-2-3-4-5-6-7-11-17-13-10-8-9-12(15)14(13)16;2*1-3(2)5-4;;/h8,10H,2-7,11H2,1H3;2*3-4H,1-2H3;;/q;;;;+2/p-2. The Balaban J connectivity index is 2.84. The second-order valence-corrected chi connectivity index (χ2v) is 10.5. The number of hydrogen-bond acceptors (Lipinski definition) is 6. The third kappa shape index (κ3) is 9.28. The second kappa shape index (κ2) is 13.5. The van der Waals surface area contributed by atoms with Gasteiger partial charge in [0.05, 0.1) is 0 Å². The van der Waals surface area contributed by atoms with Gasteiger partial charge in [0.2, 0.25) is 0 Å². The summed E-state index contributed by atoms with van der Waals surface area (Å²) in [5, 5.41) is 0. The fraction of sp³-hybridized carbons (Fsp3) is 0.700. The quantitative estimate of drug-likeness (QED) is 0.153. The van der Waals surface area contributed by atoms with Gasteiger partial charge in [0.1, 0.15) is 0 Å². The molecule has 0 saturated heterocycles. The van der Waals surface area contributed by atoms with Crippen molar-refractivity contribution in [2.45, 2.75) is 85.4 Å². The zero-order valence-corrected chi connectivity index (χ0v) is 19.5. The van der Waals surface area contributed by atoms with E-state index in [1.165, 1.54) is 12.5 Å². The van der Waals surface area contributed by atoms with Crippen LogP contribution in [0.15, 0.2) is 12.1 Å². The number of benzene rings is 1. The molecule has 0 bridgehead atoms. The molecule has 1 aromatic carbocycles. The van der Waals surface area contributed by atoms with Crippen molar-refractivity contribution in [3.63, 3.8) is 0 Å². The molecular weight excluding hydrogens is 422 g/mol. The van der Waals surface area contributed by atoms with Gasteiger partial charge in [0.25, 0.3) is 0 Å². The van der Waals surface area contributed by atoms with E-state index in [9.17, 15) is 12.1 Å². The summed E-state index contributed by atoms with van der Waals surface area (Å²) in [5.41, 5.74) is 0. The van der Waals surface area contributed by atoms with E-state index in [2.05, 4.69) is 6.92 Å². The molecule has 0 unspecified atom stereocenters. The van der Waals surface area contributed by atoms with E-state index in [1.807, 2.05) is 0 Å². The maximum absolute atomic E-state index is 14.6. The van der Waals surface area contributed by atoms with Crippen LogP contribution in [0.4, 0.5) is 8.78 Å². The van der Waals surface area contributed by atoms with Gasteiger partial charge < -0.3 is 0 Å². The molecule has 0 aliphatic rings. The predicted octanol–water partition coefficient (Wildman–Crippen LogP) is 5.37. The Labute approximate surface area is 176 Å². The zero-order chi connectivity index (χ0) is 21.9. The monoisotopic (exact) mass is 455 g/mol. The van der Waals surface area contributed by atoms with E-state index >= 15 is 0 Å². The molecule has 0 aromatic heterocycles. The average molecular weight is 455 g/mol. The molecule has 0 aliphatic heterocycles. The van der Waals surface area contributed by atoms with Crippen molar-refractivity contribution < 1.29 is 50.9 Å². The van der Waals surface area contributed by atoms with Crippen LogP contribution in [0.25, 0.3) is 0 Å². The zero-order valence-electron chi connectivity index (χ0n) is 18.0. The molecule has 0 N–H and O–H groups in total. The first-order chi connectivity index (χ1) is 13.7. The van der Waals surface area contributed by atoms with Crippen LogP contribution < -0.4 is 8.61 Å². The van der Waals surface area contributed by atoms with E-state index in [4.69, 9.17) is 21.5 Å². The normalized spacial score (nSPS) is 12.2. The van der Waals surface area contributed by atoms with Crippen molar-refractivity contribution in [1.82, 2.24) is 0 Å². The van der Waals surface area contributed by atoms with Gasteiger partial charge in [-0.05, 0) is 0 Å². The van der Waals surface area contributed by atoms with Crippen LogP contribution in [0.3, 0.4) is 0 Å². The van der Waals surface area contributed by atoms with Crippen molar-refractivity contribution in [3.8, 4) is 5.75 Å². The molecule has 167 valence electrons. The molecular formula is C20H33F2O6Ti. The third-order valence-corrected chi connectivity index (χ3v) is 6.45. The molecule has 0 aliphatic carbocycles. The average Bonchev–Trinajstić information content (AvgIpc) is 2.67. The summed E-state index contributed by atoms with van der Waals surface area (Å²) in [7, 11) is 0. The van der Waals surface area contributed by atoms with Crippen LogP contribution >= 0.6 is 0 Å². The summed E-state index contributed by atoms with van der Waals surface area (Å²) < 4.78 is 56.7. The molecule has 0 radical (unpaired) electrons. The summed E-state index contributed by atoms with van der Waals surface area (Å²) in [4.78, 5) is 9.77. The van der Waals surface area contributed by atoms with Crippen LogP contribution in [-0.4, -0.2) is 18.8 Å². The van der Waals surface area contributed by atoms with Gasteiger partial charge in [0.15, 0.2) is 0 Å². The first kappa shape index (κ1) is 26.3. The molecule has 29 heavy (non-hydrogen) atoms. The first-order valence-corrected chi connectivity index (χ1v) is 12.9. The molecule has 9 heteroatoms. The number of hydrogen-bond donors (Lipinski definition) is 0. The van der Waals surface area contributed by atoms with Gasteiger partial charge in [-0.15, -0.1) is 0 Å². The van der Waals surface area contributed by atoms with E-state index in [0.29, 0.717) is 0 Å². The van der Waals surface area contributed by atoms with E-state index in [1.54, 1.807) is 27.7 Å². The Kier molecular flexibility index (Phi) is 12.2. The van der Waals surface area contributed by atoms with E-state index in [-0.39, 0.29) is 12.4 Å². The Hall–Kier alpha value is -0.766. The number of unbranched alkanes of at least 4 members (excludes halogenated alkanes) is 5. The SMILES string of the molecule is CCCCCCCCOc1cc[c]([Ti](=[O])([O]OC(C)C)[O]OC(C)C)c(F)c1F. The molecule has 0 saturated carbocycles. The maximum atomic E-state index is 14.6. The molecule has 0 fully saturated rings. The summed E-state index contributed by atoms with van der Waals surface area (Å²) in [6, 6.07) is 2.33. The van der Waals surface area contributed by atoms with Gasteiger partial charge in [0, 0.05) is 0 Å². The molecule has 1 aromatic rings. The van der Waals surface area contributed by atoms with Gasteiger partial charge in [-0.2, -0.15) is 0 Å². The van der Waals surface area contributed by atoms with Crippen molar-refractivity contribution in [1.29, 1.82) is 0 Å². The third-order valence-electron chi connectivity index (χ3n) is 3.83. The van der Waals surface area contributed by atoms with Gasteiger partial charge in [-0.25, -0.2) is 0 Å². The summed E-state index contributed by atoms with van der Waals surface area (Å²) >= 11 is -5.38. The summed E-state index contributed by atoms with van der Waals surface area (Å²) in [6.07, 6.45) is 5.36. The number of ether oxygens (including phenoxy) is 1. The van der Waals surface area contributed by atoms with Crippen molar-refractivity contribution in [3.05, 3.63) is 23.8 Å². The minimum absolute atomic E-state index is 0.251. The van der Waals surface area contributed by atoms with Crippen LogP contribution in [0.1, 0.15) is 73.1 Å². The van der Waals surface area contributed by atoms with Crippen LogP contribution in [-0.2, 0) is 37.4 Å².